The summed E-state index contributed by atoms with van der Waals surface area (Å²) in [7, 11) is 0. The number of piperidine rings is 1. The molecule has 2 rings (SSSR count). The fourth-order valence-corrected chi connectivity index (χ4v) is 3.61. The molecule has 4 unspecified atom stereocenters. The molecule has 16 heavy (non-hydrogen) atoms. The van der Waals surface area contributed by atoms with Gasteiger partial charge in [-0.25, -0.2) is 4.39 Å². The molecule has 1 N–H and O–H groups in total. The predicted molar refractivity (Wildman–Crippen MR) is 65.4 cm³/mol. The predicted octanol–water partition coefficient (Wildman–Crippen LogP) is 2.22. The van der Waals surface area contributed by atoms with E-state index in [9.17, 15) is 4.39 Å². The minimum Gasteiger partial charge on any atom is -0.334 e. The van der Waals surface area contributed by atoms with Crippen LogP contribution in [-0.2, 0) is 0 Å². The van der Waals surface area contributed by atoms with Gasteiger partial charge in [0.1, 0.15) is 6.17 Å². The highest BCUT2D eigenvalue weighted by molar-refractivity contribution is 4.72. The molecule has 0 aromatic rings. The van der Waals surface area contributed by atoms with Crippen LogP contribution < -0.4 is 4.90 Å². The van der Waals surface area contributed by atoms with Crippen LogP contribution in [0.1, 0.15) is 51.9 Å². The molecule has 0 aromatic carbocycles. The highest BCUT2D eigenvalue weighted by Gasteiger charge is 2.28. The molecule has 94 valence electrons. The van der Waals surface area contributed by atoms with E-state index in [1.807, 2.05) is 0 Å². The molecular formula is C14H27FN+. The summed E-state index contributed by atoms with van der Waals surface area (Å²) < 4.78 is 13.3. The topological polar surface area (TPSA) is 4.44 Å². The summed E-state index contributed by atoms with van der Waals surface area (Å²) in [6.45, 7) is 6.25. The third-order valence-electron chi connectivity index (χ3n) is 4.59. The second-order valence-corrected chi connectivity index (χ2v) is 5.95. The van der Waals surface area contributed by atoms with Crippen molar-refractivity contribution in [3.63, 3.8) is 0 Å². The minimum absolute atomic E-state index is 0.495. The molecule has 2 heteroatoms. The molecule has 0 bridgehead atoms. The van der Waals surface area contributed by atoms with Crippen molar-refractivity contribution in [3.05, 3.63) is 0 Å². The fraction of sp³-hybridized carbons (Fsp3) is 1.00. The van der Waals surface area contributed by atoms with Crippen molar-refractivity contribution < 1.29 is 9.29 Å². The third-order valence-corrected chi connectivity index (χ3v) is 4.59. The Kier molecular flexibility index (Phi) is 4.63. The Morgan fingerprint density at radius 2 is 1.94 bits per heavy atom. The first-order valence-corrected chi connectivity index (χ1v) is 7.25. The van der Waals surface area contributed by atoms with Crippen molar-refractivity contribution in [2.24, 2.45) is 11.8 Å². The summed E-state index contributed by atoms with van der Waals surface area (Å²) in [5.74, 6) is 1.61. The number of likely N-dealkylation sites (tertiary alicyclic amines) is 1. The van der Waals surface area contributed by atoms with Crippen LogP contribution in [0.4, 0.5) is 4.39 Å². The largest absolute Gasteiger partial charge is 0.334 e. The SMILES string of the molecule is CCC1CCC[NH+](CC2CCCC(F)C2)C1. The lowest BCUT2D eigenvalue weighted by atomic mass is 9.86. The Labute approximate surface area is 99.4 Å². The molecule has 1 saturated heterocycles. The number of quaternary nitrogens is 1. The van der Waals surface area contributed by atoms with Gasteiger partial charge >= 0.3 is 0 Å². The number of rotatable bonds is 3. The number of alkyl halides is 1. The summed E-state index contributed by atoms with van der Waals surface area (Å²) in [5, 5.41) is 0. The maximum Gasteiger partial charge on any atom is 0.101 e. The number of hydrogen-bond donors (Lipinski definition) is 1. The van der Waals surface area contributed by atoms with Crippen molar-refractivity contribution in [2.75, 3.05) is 19.6 Å². The standard InChI is InChI=1S/C14H26FN/c1-2-12-6-4-8-16(10-12)11-13-5-3-7-14(15)9-13/h12-14H,2-11H2,1H3/p+1. The zero-order valence-electron chi connectivity index (χ0n) is 10.7. The Morgan fingerprint density at radius 3 is 2.69 bits per heavy atom. The first-order valence-electron chi connectivity index (χ1n) is 7.25. The van der Waals surface area contributed by atoms with Crippen LogP contribution in [0.3, 0.4) is 0 Å². The van der Waals surface area contributed by atoms with Crippen LogP contribution >= 0.6 is 0 Å². The molecule has 2 fully saturated rings. The van der Waals surface area contributed by atoms with Gasteiger partial charge in [-0.15, -0.1) is 0 Å². The van der Waals surface area contributed by atoms with Gasteiger partial charge in [0.05, 0.1) is 19.6 Å². The lowest BCUT2D eigenvalue weighted by Gasteiger charge is -2.33. The Balaban J connectivity index is 1.75. The molecule has 0 amide bonds. The smallest absolute Gasteiger partial charge is 0.101 e. The van der Waals surface area contributed by atoms with Gasteiger partial charge in [-0.3, -0.25) is 0 Å². The molecule has 1 aliphatic heterocycles. The van der Waals surface area contributed by atoms with Gasteiger partial charge in [-0.1, -0.05) is 13.3 Å². The molecule has 1 nitrogen and oxygen atoms in total. The fourth-order valence-electron chi connectivity index (χ4n) is 3.61. The van der Waals surface area contributed by atoms with Gasteiger partial charge in [0.2, 0.25) is 0 Å². The summed E-state index contributed by atoms with van der Waals surface area (Å²) in [6.07, 6.45) is 7.72. The summed E-state index contributed by atoms with van der Waals surface area (Å²) in [4.78, 5) is 1.76. The average Bonchev–Trinajstić information content (AvgIpc) is 2.29. The van der Waals surface area contributed by atoms with Gasteiger partial charge in [0, 0.05) is 11.8 Å². The second kappa shape index (κ2) is 6.00. The van der Waals surface area contributed by atoms with Crippen LogP contribution in [0.5, 0.6) is 0 Å². The lowest BCUT2D eigenvalue weighted by Crippen LogP contribution is -3.14. The Hall–Kier alpha value is -0.110. The quantitative estimate of drug-likeness (QED) is 0.755. The van der Waals surface area contributed by atoms with Crippen LogP contribution in [0.15, 0.2) is 0 Å². The van der Waals surface area contributed by atoms with E-state index < -0.39 is 6.17 Å². The maximum atomic E-state index is 13.3. The van der Waals surface area contributed by atoms with E-state index in [1.54, 1.807) is 4.90 Å². The van der Waals surface area contributed by atoms with E-state index in [1.165, 1.54) is 45.3 Å². The van der Waals surface area contributed by atoms with E-state index in [4.69, 9.17) is 0 Å². The third kappa shape index (κ3) is 3.44. The van der Waals surface area contributed by atoms with E-state index in [-0.39, 0.29) is 0 Å². The summed E-state index contributed by atoms with van der Waals surface area (Å²) in [6, 6.07) is 0. The molecule has 1 heterocycles. The van der Waals surface area contributed by atoms with Crippen molar-refractivity contribution in [1.29, 1.82) is 0 Å². The number of nitrogens with one attached hydrogen (secondary N) is 1. The molecule has 2 aliphatic rings. The molecule has 4 atom stereocenters. The first-order chi connectivity index (χ1) is 7.78. The lowest BCUT2D eigenvalue weighted by molar-refractivity contribution is -0.912. The summed E-state index contributed by atoms with van der Waals surface area (Å²) >= 11 is 0. The monoisotopic (exact) mass is 228 g/mol. The van der Waals surface area contributed by atoms with Crippen molar-refractivity contribution in [2.45, 2.75) is 58.0 Å². The average molecular weight is 228 g/mol. The van der Waals surface area contributed by atoms with Crippen LogP contribution in [0.2, 0.25) is 0 Å². The van der Waals surface area contributed by atoms with E-state index in [0.717, 1.165) is 25.2 Å². The van der Waals surface area contributed by atoms with E-state index in [2.05, 4.69) is 6.92 Å². The van der Waals surface area contributed by atoms with Gasteiger partial charge in [0.15, 0.2) is 0 Å². The Morgan fingerprint density at radius 1 is 1.12 bits per heavy atom. The van der Waals surface area contributed by atoms with Crippen LogP contribution in [0.25, 0.3) is 0 Å². The molecule has 0 radical (unpaired) electrons. The maximum absolute atomic E-state index is 13.3. The molecule has 1 saturated carbocycles. The zero-order valence-corrected chi connectivity index (χ0v) is 10.7. The summed E-state index contributed by atoms with van der Waals surface area (Å²) in [5.41, 5.74) is 0. The van der Waals surface area contributed by atoms with Crippen molar-refractivity contribution in [1.82, 2.24) is 0 Å². The van der Waals surface area contributed by atoms with Gasteiger partial charge in [-0.2, -0.15) is 0 Å². The van der Waals surface area contributed by atoms with Gasteiger partial charge < -0.3 is 4.90 Å². The van der Waals surface area contributed by atoms with Crippen LogP contribution in [0, 0.1) is 11.8 Å². The zero-order chi connectivity index (χ0) is 11.4. The second-order valence-electron chi connectivity index (χ2n) is 5.95. The van der Waals surface area contributed by atoms with Gasteiger partial charge in [-0.05, 0) is 38.5 Å². The van der Waals surface area contributed by atoms with Crippen LogP contribution in [-0.4, -0.2) is 25.8 Å². The van der Waals surface area contributed by atoms with Gasteiger partial charge in [0.25, 0.3) is 0 Å². The van der Waals surface area contributed by atoms with Crippen molar-refractivity contribution >= 4 is 0 Å². The molecule has 1 aliphatic carbocycles. The van der Waals surface area contributed by atoms with E-state index in [0.29, 0.717) is 5.92 Å². The minimum atomic E-state index is -0.495. The number of hydrogen-bond acceptors (Lipinski definition) is 0. The normalized spacial score (nSPS) is 40.9. The highest BCUT2D eigenvalue weighted by Crippen LogP contribution is 2.25. The Bertz CT molecular complexity index is 207. The van der Waals surface area contributed by atoms with Crippen molar-refractivity contribution in [3.8, 4) is 0 Å². The molecular weight excluding hydrogens is 201 g/mol. The first kappa shape index (κ1) is 12.3. The van der Waals surface area contributed by atoms with E-state index >= 15 is 0 Å². The highest BCUT2D eigenvalue weighted by atomic mass is 19.1. The molecule has 0 spiro atoms. The molecule has 0 aromatic heterocycles. The number of halogens is 1.